The lowest BCUT2D eigenvalue weighted by atomic mass is 9.96. The molecule has 0 radical (unpaired) electrons. The fourth-order valence-corrected chi connectivity index (χ4v) is 4.78. The third-order valence-electron chi connectivity index (χ3n) is 4.92. The molecule has 1 saturated heterocycles. The van der Waals surface area contributed by atoms with Gasteiger partial charge in [-0.2, -0.15) is 0 Å². The second kappa shape index (κ2) is 9.54. The Morgan fingerprint density at radius 1 is 1.18 bits per heavy atom. The largest absolute Gasteiger partial charge is 0.356 e. The van der Waals surface area contributed by atoms with Crippen LogP contribution in [0.3, 0.4) is 0 Å². The first-order valence-electron chi connectivity index (χ1n) is 9.46. The number of anilines is 1. The molecule has 8 heteroatoms. The summed E-state index contributed by atoms with van der Waals surface area (Å²) in [7, 11) is -3.37. The number of carbonyl (C=O) groups excluding carboxylic acids is 1. The molecule has 1 amide bonds. The van der Waals surface area contributed by atoms with Gasteiger partial charge in [0, 0.05) is 18.0 Å². The molecule has 0 bridgehead atoms. The molecule has 28 heavy (non-hydrogen) atoms. The van der Waals surface area contributed by atoms with Crippen molar-refractivity contribution in [1.82, 2.24) is 10.2 Å². The number of rotatable bonds is 8. The van der Waals surface area contributed by atoms with Crippen LogP contribution in [0, 0.1) is 5.92 Å². The third-order valence-corrected chi connectivity index (χ3v) is 6.37. The van der Waals surface area contributed by atoms with Crippen molar-refractivity contribution in [2.45, 2.75) is 25.8 Å². The second-order valence-electron chi connectivity index (χ2n) is 7.31. The zero-order valence-corrected chi connectivity index (χ0v) is 17.7. The normalized spacial score (nSPS) is 16.0. The van der Waals surface area contributed by atoms with E-state index in [9.17, 15) is 13.2 Å². The molecule has 1 aromatic heterocycles. The van der Waals surface area contributed by atoms with E-state index in [4.69, 9.17) is 0 Å². The first kappa shape index (κ1) is 20.8. The predicted molar refractivity (Wildman–Crippen MR) is 114 cm³/mol. The third kappa shape index (κ3) is 6.61. The Labute approximate surface area is 171 Å². The molecule has 1 aliphatic rings. The Balaban J connectivity index is 1.43. The Kier molecular flexibility index (Phi) is 7.09. The minimum absolute atomic E-state index is 0.0798. The van der Waals surface area contributed by atoms with Gasteiger partial charge in [0.2, 0.25) is 15.9 Å². The number of nitrogens with zero attached hydrogens (tertiary/aromatic N) is 1. The molecule has 3 rings (SSSR count). The smallest absolute Gasteiger partial charge is 0.229 e. The molecule has 2 aromatic rings. The van der Waals surface area contributed by atoms with Crippen LogP contribution in [0.2, 0.25) is 0 Å². The number of amides is 1. The van der Waals surface area contributed by atoms with Gasteiger partial charge in [-0.1, -0.05) is 24.3 Å². The molecule has 1 aromatic carbocycles. The minimum atomic E-state index is -3.37. The average molecular weight is 422 g/mol. The molecule has 0 unspecified atom stereocenters. The maximum absolute atomic E-state index is 12.4. The van der Waals surface area contributed by atoms with E-state index in [0.29, 0.717) is 23.7 Å². The van der Waals surface area contributed by atoms with Crippen LogP contribution >= 0.6 is 11.3 Å². The summed E-state index contributed by atoms with van der Waals surface area (Å²) in [5.74, 6) is 0.414. The molecule has 0 saturated carbocycles. The first-order chi connectivity index (χ1) is 13.4. The van der Waals surface area contributed by atoms with E-state index in [-0.39, 0.29) is 12.3 Å². The quantitative estimate of drug-likeness (QED) is 0.687. The van der Waals surface area contributed by atoms with Crippen molar-refractivity contribution in [3.8, 4) is 0 Å². The molecular weight excluding hydrogens is 394 g/mol. The van der Waals surface area contributed by atoms with Crippen LogP contribution in [0.15, 0.2) is 41.8 Å². The monoisotopic (exact) mass is 421 g/mol. The Morgan fingerprint density at radius 3 is 2.61 bits per heavy atom. The number of likely N-dealkylation sites (tertiary alicyclic amines) is 1. The van der Waals surface area contributed by atoms with Gasteiger partial charge in [-0.3, -0.25) is 14.4 Å². The molecule has 0 atom stereocenters. The Morgan fingerprint density at radius 2 is 1.93 bits per heavy atom. The van der Waals surface area contributed by atoms with Gasteiger partial charge in [-0.25, -0.2) is 8.42 Å². The summed E-state index contributed by atoms with van der Waals surface area (Å²) in [6, 6.07) is 11.3. The molecule has 2 N–H and O–H groups in total. The number of hydrogen-bond acceptors (Lipinski definition) is 5. The van der Waals surface area contributed by atoms with Crippen LogP contribution in [0.4, 0.5) is 5.69 Å². The molecule has 0 spiro atoms. The highest BCUT2D eigenvalue weighted by Gasteiger charge is 2.20. The van der Waals surface area contributed by atoms with Crippen molar-refractivity contribution < 1.29 is 13.2 Å². The maximum atomic E-state index is 12.4. The molecule has 2 heterocycles. The highest BCUT2D eigenvalue weighted by Crippen LogP contribution is 2.21. The highest BCUT2D eigenvalue weighted by molar-refractivity contribution is 7.92. The number of para-hydroxylation sites is 1. The number of hydrogen-bond donors (Lipinski definition) is 2. The van der Waals surface area contributed by atoms with Gasteiger partial charge in [0.25, 0.3) is 0 Å². The average Bonchev–Trinajstić information content (AvgIpc) is 3.15. The van der Waals surface area contributed by atoms with Crippen molar-refractivity contribution in [3.05, 3.63) is 52.2 Å². The summed E-state index contributed by atoms with van der Waals surface area (Å²) >= 11 is 1.80. The van der Waals surface area contributed by atoms with Crippen LogP contribution in [-0.2, 0) is 27.8 Å². The van der Waals surface area contributed by atoms with E-state index < -0.39 is 10.0 Å². The van der Waals surface area contributed by atoms with E-state index in [1.807, 2.05) is 0 Å². The van der Waals surface area contributed by atoms with Gasteiger partial charge in [0.05, 0.1) is 18.4 Å². The Bertz CT molecular complexity index is 874. The summed E-state index contributed by atoms with van der Waals surface area (Å²) in [5, 5.41) is 5.13. The summed E-state index contributed by atoms with van der Waals surface area (Å²) in [5.41, 5.74) is 1.14. The molecule has 152 valence electrons. The molecule has 6 nitrogen and oxygen atoms in total. The van der Waals surface area contributed by atoms with E-state index in [1.54, 1.807) is 35.6 Å². The van der Waals surface area contributed by atoms with Crippen molar-refractivity contribution in [2.24, 2.45) is 5.92 Å². The molecule has 1 fully saturated rings. The number of carbonyl (C=O) groups is 1. The summed E-state index contributed by atoms with van der Waals surface area (Å²) in [6.07, 6.45) is 3.43. The molecular formula is C20H27N3O3S2. The zero-order chi connectivity index (χ0) is 20.0. The topological polar surface area (TPSA) is 78.5 Å². The van der Waals surface area contributed by atoms with Gasteiger partial charge < -0.3 is 5.32 Å². The van der Waals surface area contributed by atoms with Crippen LogP contribution in [-0.4, -0.2) is 45.1 Å². The van der Waals surface area contributed by atoms with Gasteiger partial charge in [0.1, 0.15) is 0 Å². The van der Waals surface area contributed by atoms with Gasteiger partial charge in [-0.15, -0.1) is 11.3 Å². The van der Waals surface area contributed by atoms with Crippen LogP contribution < -0.4 is 10.0 Å². The number of piperidine rings is 1. The fourth-order valence-electron chi connectivity index (χ4n) is 3.44. The van der Waals surface area contributed by atoms with Crippen molar-refractivity contribution >= 4 is 33.0 Å². The predicted octanol–water partition coefficient (Wildman–Crippen LogP) is 2.69. The van der Waals surface area contributed by atoms with E-state index >= 15 is 0 Å². The zero-order valence-electron chi connectivity index (χ0n) is 16.1. The summed E-state index contributed by atoms with van der Waals surface area (Å²) < 4.78 is 25.4. The SMILES string of the molecule is CS(=O)(=O)Nc1ccccc1CC(=O)NCC1CCN(Cc2cccs2)CC1. The molecule has 0 aliphatic carbocycles. The number of sulfonamides is 1. The highest BCUT2D eigenvalue weighted by atomic mass is 32.2. The van der Waals surface area contributed by atoms with E-state index in [2.05, 4.69) is 32.5 Å². The van der Waals surface area contributed by atoms with Crippen molar-refractivity contribution in [1.29, 1.82) is 0 Å². The van der Waals surface area contributed by atoms with E-state index in [1.165, 1.54) is 4.88 Å². The fraction of sp³-hybridized carbons (Fsp3) is 0.450. The Hall–Kier alpha value is -1.90. The van der Waals surface area contributed by atoms with Crippen LogP contribution in [0.25, 0.3) is 0 Å². The first-order valence-corrected chi connectivity index (χ1v) is 12.2. The summed E-state index contributed by atoms with van der Waals surface area (Å²) in [6.45, 7) is 3.80. The van der Waals surface area contributed by atoms with Gasteiger partial charge >= 0.3 is 0 Å². The lowest BCUT2D eigenvalue weighted by Gasteiger charge is -2.31. The van der Waals surface area contributed by atoms with Gasteiger partial charge in [0.15, 0.2) is 0 Å². The maximum Gasteiger partial charge on any atom is 0.229 e. The van der Waals surface area contributed by atoms with Crippen LogP contribution in [0.5, 0.6) is 0 Å². The standard InChI is InChI=1S/C20H27N3O3S2/c1-28(25,26)22-19-7-3-2-5-17(19)13-20(24)21-14-16-8-10-23(11-9-16)15-18-6-4-12-27-18/h2-7,12,16,22H,8-11,13-15H2,1H3,(H,21,24). The summed E-state index contributed by atoms with van der Waals surface area (Å²) in [4.78, 5) is 16.2. The second-order valence-corrected chi connectivity index (χ2v) is 10.1. The number of benzene rings is 1. The molecule has 1 aliphatic heterocycles. The lowest BCUT2D eigenvalue weighted by molar-refractivity contribution is -0.120. The number of nitrogens with one attached hydrogen (secondary N) is 2. The minimum Gasteiger partial charge on any atom is -0.356 e. The van der Waals surface area contributed by atoms with E-state index in [0.717, 1.165) is 38.7 Å². The van der Waals surface area contributed by atoms with Gasteiger partial charge in [-0.05, 0) is 54.9 Å². The van der Waals surface area contributed by atoms with Crippen LogP contribution in [0.1, 0.15) is 23.3 Å². The van der Waals surface area contributed by atoms with Crippen molar-refractivity contribution in [3.63, 3.8) is 0 Å². The van der Waals surface area contributed by atoms with Crippen molar-refractivity contribution in [2.75, 3.05) is 30.6 Å². The lowest BCUT2D eigenvalue weighted by Crippen LogP contribution is -2.38. The number of thiophene rings is 1.